The maximum Gasteiger partial charge on any atom is 0.123 e. The smallest absolute Gasteiger partial charge is 0.123 e. The van der Waals surface area contributed by atoms with E-state index in [0.717, 1.165) is 32.0 Å². The second kappa shape index (κ2) is 4.93. The highest BCUT2D eigenvalue weighted by atomic mass is 16.3. The molecule has 2 heteroatoms. The van der Waals surface area contributed by atoms with E-state index < -0.39 is 0 Å². The van der Waals surface area contributed by atoms with Gasteiger partial charge in [-0.05, 0) is 56.3 Å². The van der Waals surface area contributed by atoms with Crippen LogP contribution in [0.5, 0.6) is 0 Å². The van der Waals surface area contributed by atoms with Gasteiger partial charge in [0.05, 0.1) is 6.10 Å². The maximum absolute atomic E-state index is 11.3. The number of allylic oxidation sites excluding steroid dienone is 1. The van der Waals surface area contributed by atoms with E-state index in [1.807, 2.05) is 0 Å². The van der Waals surface area contributed by atoms with Crippen molar-refractivity contribution in [3.05, 3.63) is 12.2 Å². The van der Waals surface area contributed by atoms with E-state index in [2.05, 4.69) is 20.4 Å². The summed E-state index contributed by atoms with van der Waals surface area (Å²) >= 11 is 0. The lowest BCUT2D eigenvalue weighted by atomic mass is 9.58. The molecule has 6 atom stereocenters. The molecule has 0 aliphatic heterocycles. The van der Waals surface area contributed by atoms with E-state index in [1.165, 1.54) is 5.57 Å². The average Bonchev–Trinajstić information content (AvgIpc) is 2.27. The Hall–Kier alpha value is -0.630. The molecule has 1 N–H and O–H groups in total. The predicted octanol–water partition coefficient (Wildman–Crippen LogP) is 2.81. The molecule has 2 aliphatic carbocycles. The standard InChI is InChI=1S/C15H24O2/c1-9(2)11-5-12(8-16)15-7-13(17)4-10(3)14(15)6-11/h8,10-15,17H,1,4-7H2,2-3H3/t10-,11-,12+,13-,14+,15+/m0/s1. The number of aliphatic hydroxyl groups excluding tert-OH is 1. The lowest BCUT2D eigenvalue weighted by Crippen LogP contribution is -2.43. The molecule has 2 fully saturated rings. The minimum absolute atomic E-state index is 0.132. The topological polar surface area (TPSA) is 37.3 Å². The van der Waals surface area contributed by atoms with Gasteiger partial charge in [-0.15, -0.1) is 0 Å². The predicted molar refractivity (Wildman–Crippen MR) is 68.5 cm³/mol. The van der Waals surface area contributed by atoms with Gasteiger partial charge in [-0.2, -0.15) is 0 Å². The van der Waals surface area contributed by atoms with Crippen LogP contribution in [0.25, 0.3) is 0 Å². The number of aldehydes is 1. The molecule has 2 nitrogen and oxygen atoms in total. The summed E-state index contributed by atoms with van der Waals surface area (Å²) in [7, 11) is 0. The monoisotopic (exact) mass is 236 g/mol. The molecular weight excluding hydrogens is 212 g/mol. The van der Waals surface area contributed by atoms with E-state index in [1.54, 1.807) is 0 Å². The number of aliphatic hydroxyl groups is 1. The normalized spacial score (nSPS) is 46.1. The van der Waals surface area contributed by atoms with Gasteiger partial charge in [0.1, 0.15) is 6.29 Å². The maximum atomic E-state index is 11.3. The highest BCUT2D eigenvalue weighted by Gasteiger charge is 2.44. The highest BCUT2D eigenvalue weighted by Crippen LogP contribution is 2.49. The van der Waals surface area contributed by atoms with Gasteiger partial charge in [0.15, 0.2) is 0 Å². The Labute approximate surface area is 104 Å². The molecule has 0 aromatic carbocycles. The van der Waals surface area contributed by atoms with Gasteiger partial charge in [0, 0.05) is 5.92 Å². The Balaban J connectivity index is 2.18. The molecule has 0 spiro atoms. The number of hydrogen-bond acceptors (Lipinski definition) is 2. The minimum atomic E-state index is -0.199. The summed E-state index contributed by atoms with van der Waals surface area (Å²) in [4.78, 5) is 11.3. The Morgan fingerprint density at radius 3 is 2.53 bits per heavy atom. The van der Waals surface area contributed by atoms with Crippen molar-refractivity contribution < 1.29 is 9.90 Å². The van der Waals surface area contributed by atoms with Gasteiger partial charge in [-0.1, -0.05) is 19.1 Å². The minimum Gasteiger partial charge on any atom is -0.393 e. The molecule has 0 aromatic heterocycles. The number of carbonyl (C=O) groups excluding carboxylic acids is 1. The summed E-state index contributed by atoms with van der Waals surface area (Å²) in [5, 5.41) is 9.87. The molecule has 0 bridgehead atoms. The quantitative estimate of drug-likeness (QED) is 0.591. The highest BCUT2D eigenvalue weighted by molar-refractivity contribution is 5.54. The van der Waals surface area contributed by atoms with Crippen LogP contribution in [0.15, 0.2) is 12.2 Å². The van der Waals surface area contributed by atoms with Crippen molar-refractivity contribution in [3.63, 3.8) is 0 Å². The van der Waals surface area contributed by atoms with Gasteiger partial charge < -0.3 is 9.90 Å². The average molecular weight is 236 g/mol. The molecule has 0 radical (unpaired) electrons. The lowest BCUT2D eigenvalue weighted by Gasteiger charge is -2.47. The number of rotatable bonds is 2. The molecule has 0 unspecified atom stereocenters. The van der Waals surface area contributed by atoms with Crippen molar-refractivity contribution in [2.24, 2.45) is 29.6 Å². The zero-order valence-electron chi connectivity index (χ0n) is 10.9. The number of carbonyl (C=O) groups is 1. The van der Waals surface area contributed by atoms with Crippen molar-refractivity contribution in [1.82, 2.24) is 0 Å². The van der Waals surface area contributed by atoms with Crippen LogP contribution in [0.4, 0.5) is 0 Å². The van der Waals surface area contributed by atoms with Crippen molar-refractivity contribution in [2.45, 2.75) is 45.6 Å². The van der Waals surface area contributed by atoms with Crippen molar-refractivity contribution >= 4 is 6.29 Å². The molecule has 96 valence electrons. The molecule has 2 rings (SSSR count). The summed E-state index contributed by atoms with van der Waals surface area (Å²) in [6, 6.07) is 0. The van der Waals surface area contributed by atoms with Crippen molar-refractivity contribution in [2.75, 3.05) is 0 Å². The molecule has 0 heterocycles. The number of hydrogen-bond donors (Lipinski definition) is 1. The van der Waals surface area contributed by atoms with Gasteiger partial charge in [-0.3, -0.25) is 0 Å². The van der Waals surface area contributed by atoms with Crippen LogP contribution in [0.1, 0.15) is 39.5 Å². The Bertz CT molecular complexity index is 310. The van der Waals surface area contributed by atoms with Crippen molar-refractivity contribution in [3.8, 4) is 0 Å². The second-order valence-electron chi connectivity index (χ2n) is 6.24. The van der Waals surface area contributed by atoms with Crippen LogP contribution in [0.3, 0.4) is 0 Å². The second-order valence-corrected chi connectivity index (χ2v) is 6.24. The Morgan fingerprint density at radius 2 is 1.94 bits per heavy atom. The summed E-state index contributed by atoms with van der Waals surface area (Å²) in [6.07, 6.45) is 4.75. The van der Waals surface area contributed by atoms with Crippen LogP contribution >= 0.6 is 0 Å². The first kappa shape index (κ1) is 12.8. The number of fused-ring (bicyclic) bond motifs is 1. The van der Waals surface area contributed by atoms with Crippen molar-refractivity contribution in [1.29, 1.82) is 0 Å². The van der Waals surface area contributed by atoms with Crippen LogP contribution in [0.2, 0.25) is 0 Å². The van der Waals surface area contributed by atoms with E-state index in [0.29, 0.717) is 23.7 Å². The zero-order valence-corrected chi connectivity index (χ0v) is 10.9. The zero-order chi connectivity index (χ0) is 12.6. The Kier molecular flexibility index (Phi) is 3.72. The summed E-state index contributed by atoms with van der Waals surface area (Å²) in [6.45, 7) is 8.36. The summed E-state index contributed by atoms with van der Waals surface area (Å²) < 4.78 is 0. The first-order valence-corrected chi connectivity index (χ1v) is 6.81. The van der Waals surface area contributed by atoms with Crippen LogP contribution in [-0.4, -0.2) is 17.5 Å². The van der Waals surface area contributed by atoms with E-state index in [4.69, 9.17) is 0 Å². The van der Waals surface area contributed by atoms with Gasteiger partial charge in [0.2, 0.25) is 0 Å². The van der Waals surface area contributed by atoms with Gasteiger partial charge in [0.25, 0.3) is 0 Å². The third kappa shape index (κ3) is 2.47. The fourth-order valence-electron chi connectivity index (χ4n) is 4.00. The molecule has 0 saturated heterocycles. The molecule has 0 amide bonds. The summed E-state index contributed by atoms with van der Waals surface area (Å²) in [5.41, 5.74) is 1.22. The third-order valence-corrected chi connectivity index (χ3v) is 5.00. The van der Waals surface area contributed by atoms with E-state index in [9.17, 15) is 9.90 Å². The molecule has 0 aromatic rings. The fourth-order valence-corrected chi connectivity index (χ4v) is 4.00. The fraction of sp³-hybridized carbons (Fsp3) is 0.800. The first-order valence-electron chi connectivity index (χ1n) is 6.81. The first-order chi connectivity index (χ1) is 8.02. The Morgan fingerprint density at radius 1 is 1.24 bits per heavy atom. The summed E-state index contributed by atoms with van der Waals surface area (Å²) in [5.74, 6) is 2.18. The van der Waals surface area contributed by atoms with Crippen LogP contribution in [0, 0.1) is 29.6 Å². The van der Waals surface area contributed by atoms with E-state index in [-0.39, 0.29) is 12.0 Å². The molecule has 2 aliphatic rings. The molecular formula is C15H24O2. The SMILES string of the molecule is C=C(C)[C@@H]1C[C@H]2[C@H](C[C@@H](O)C[C@@H]2C)[C@@H](C=O)C1. The molecule has 17 heavy (non-hydrogen) atoms. The lowest BCUT2D eigenvalue weighted by molar-refractivity contribution is -0.118. The largest absolute Gasteiger partial charge is 0.393 e. The van der Waals surface area contributed by atoms with Gasteiger partial charge in [-0.25, -0.2) is 0 Å². The van der Waals surface area contributed by atoms with E-state index >= 15 is 0 Å². The van der Waals surface area contributed by atoms with Gasteiger partial charge >= 0.3 is 0 Å². The molecule has 2 saturated carbocycles. The van der Waals surface area contributed by atoms with Crippen LogP contribution in [-0.2, 0) is 4.79 Å². The van der Waals surface area contributed by atoms with Crippen LogP contribution < -0.4 is 0 Å². The third-order valence-electron chi connectivity index (χ3n) is 5.00.